The summed E-state index contributed by atoms with van der Waals surface area (Å²) in [7, 11) is 0. The van der Waals surface area contributed by atoms with E-state index in [9.17, 15) is 9.90 Å². The quantitative estimate of drug-likeness (QED) is 0.304. The number of rotatable bonds is 4. The molecule has 0 saturated heterocycles. The third kappa shape index (κ3) is 3.86. The predicted octanol–water partition coefficient (Wildman–Crippen LogP) is 7.10. The zero-order valence-corrected chi connectivity index (χ0v) is 17.4. The van der Waals surface area contributed by atoms with Gasteiger partial charge in [0.15, 0.2) is 0 Å². The van der Waals surface area contributed by atoms with Gasteiger partial charge in [-0.25, -0.2) is 0 Å². The highest BCUT2D eigenvalue weighted by molar-refractivity contribution is 7.99. The summed E-state index contributed by atoms with van der Waals surface area (Å²) < 4.78 is 0. The maximum atomic E-state index is 13.1. The van der Waals surface area contributed by atoms with Crippen LogP contribution < -0.4 is 5.32 Å². The molecule has 0 unspecified atom stereocenters. The van der Waals surface area contributed by atoms with E-state index >= 15 is 0 Å². The molecule has 1 amide bonds. The third-order valence-electron chi connectivity index (χ3n) is 5.21. The molecule has 0 atom stereocenters. The lowest BCUT2D eigenvalue weighted by atomic mass is 10.1. The van der Waals surface area contributed by atoms with Gasteiger partial charge in [-0.3, -0.25) is 4.79 Å². The van der Waals surface area contributed by atoms with Crippen LogP contribution in [0.25, 0.3) is 21.5 Å². The molecule has 3 nitrogen and oxygen atoms in total. The minimum atomic E-state index is -0.183. The third-order valence-corrected chi connectivity index (χ3v) is 6.25. The Morgan fingerprint density at radius 1 is 0.710 bits per heavy atom. The van der Waals surface area contributed by atoms with Crippen LogP contribution in [-0.4, -0.2) is 11.0 Å². The fraction of sp³-hybridized carbons (Fsp3) is 0. The molecule has 0 heterocycles. The molecular weight excluding hydrogens is 402 g/mol. The molecule has 0 aliphatic heterocycles. The van der Waals surface area contributed by atoms with Crippen LogP contribution in [0.4, 0.5) is 5.69 Å². The van der Waals surface area contributed by atoms with Crippen molar-refractivity contribution in [3.63, 3.8) is 0 Å². The first-order chi connectivity index (χ1) is 15.2. The van der Waals surface area contributed by atoms with E-state index in [1.165, 1.54) is 11.8 Å². The van der Waals surface area contributed by atoms with E-state index in [0.717, 1.165) is 21.1 Å². The fourth-order valence-electron chi connectivity index (χ4n) is 3.66. The molecule has 31 heavy (non-hydrogen) atoms. The molecule has 5 aromatic carbocycles. The Morgan fingerprint density at radius 2 is 1.39 bits per heavy atom. The van der Waals surface area contributed by atoms with Gasteiger partial charge < -0.3 is 10.4 Å². The summed E-state index contributed by atoms with van der Waals surface area (Å²) in [5, 5.41) is 17.5. The van der Waals surface area contributed by atoms with Gasteiger partial charge in [0.05, 0.1) is 10.6 Å². The van der Waals surface area contributed by atoms with Gasteiger partial charge in [0.25, 0.3) is 5.91 Å². The second kappa shape index (κ2) is 8.17. The number of anilines is 1. The van der Waals surface area contributed by atoms with Crippen molar-refractivity contribution >= 4 is 44.9 Å². The van der Waals surface area contributed by atoms with Crippen LogP contribution in [0.1, 0.15) is 10.4 Å². The monoisotopic (exact) mass is 421 g/mol. The largest absolute Gasteiger partial charge is 0.506 e. The zero-order valence-electron chi connectivity index (χ0n) is 16.6. The smallest absolute Gasteiger partial charge is 0.255 e. The van der Waals surface area contributed by atoms with E-state index in [0.29, 0.717) is 21.5 Å². The molecule has 0 aromatic heterocycles. The summed E-state index contributed by atoms with van der Waals surface area (Å²) in [6.07, 6.45) is 0. The van der Waals surface area contributed by atoms with Crippen molar-refractivity contribution in [3.8, 4) is 5.75 Å². The van der Waals surface area contributed by atoms with Gasteiger partial charge >= 0.3 is 0 Å². The van der Waals surface area contributed by atoms with E-state index in [4.69, 9.17) is 0 Å². The highest BCUT2D eigenvalue weighted by atomic mass is 32.2. The van der Waals surface area contributed by atoms with Gasteiger partial charge in [0, 0.05) is 21.2 Å². The van der Waals surface area contributed by atoms with Crippen molar-refractivity contribution in [2.45, 2.75) is 9.79 Å². The number of carbonyl (C=O) groups is 1. The van der Waals surface area contributed by atoms with Crippen molar-refractivity contribution in [1.82, 2.24) is 0 Å². The van der Waals surface area contributed by atoms with Crippen molar-refractivity contribution < 1.29 is 9.90 Å². The average Bonchev–Trinajstić information content (AvgIpc) is 2.82. The SMILES string of the molecule is O=C(Nc1cc(Sc2ccccc2)c(O)c2ccccc12)c1ccc2ccccc2c1. The number of fused-ring (bicyclic) bond motifs is 2. The van der Waals surface area contributed by atoms with Crippen molar-refractivity contribution in [3.05, 3.63) is 109 Å². The lowest BCUT2D eigenvalue weighted by Crippen LogP contribution is -2.12. The number of hydrogen-bond donors (Lipinski definition) is 2. The van der Waals surface area contributed by atoms with E-state index in [2.05, 4.69) is 5.32 Å². The van der Waals surface area contributed by atoms with E-state index < -0.39 is 0 Å². The molecule has 150 valence electrons. The Labute approximate surface area is 184 Å². The van der Waals surface area contributed by atoms with Crippen LogP contribution in [-0.2, 0) is 0 Å². The Balaban J connectivity index is 1.54. The molecule has 0 saturated carbocycles. The lowest BCUT2D eigenvalue weighted by Gasteiger charge is -2.14. The van der Waals surface area contributed by atoms with Crippen LogP contribution in [0.15, 0.2) is 113 Å². The minimum absolute atomic E-state index is 0.183. The first-order valence-electron chi connectivity index (χ1n) is 9.97. The minimum Gasteiger partial charge on any atom is -0.506 e. The maximum absolute atomic E-state index is 13.1. The first kappa shape index (κ1) is 19.2. The second-order valence-corrected chi connectivity index (χ2v) is 8.36. The van der Waals surface area contributed by atoms with Gasteiger partial charge in [-0.2, -0.15) is 0 Å². The molecule has 5 aromatic rings. The van der Waals surface area contributed by atoms with Crippen LogP contribution in [0.5, 0.6) is 5.75 Å². The standard InChI is InChI=1S/C27H19NO2S/c29-26-23-13-7-6-12-22(23)24(17-25(26)31-21-10-2-1-3-11-21)28-27(30)20-15-14-18-8-4-5-9-19(18)16-20/h1-17,29H,(H,28,30). The lowest BCUT2D eigenvalue weighted by molar-refractivity contribution is 0.102. The van der Waals surface area contributed by atoms with Crippen LogP contribution in [0, 0.1) is 0 Å². The van der Waals surface area contributed by atoms with Crippen molar-refractivity contribution in [1.29, 1.82) is 0 Å². The summed E-state index contributed by atoms with van der Waals surface area (Å²) in [5.74, 6) is 0.0328. The molecule has 0 aliphatic rings. The van der Waals surface area contributed by atoms with Crippen LogP contribution in [0.3, 0.4) is 0 Å². The molecule has 0 aliphatic carbocycles. The number of hydrogen-bond acceptors (Lipinski definition) is 3. The summed E-state index contributed by atoms with van der Waals surface area (Å²) in [6.45, 7) is 0. The zero-order chi connectivity index (χ0) is 21.2. The molecule has 2 N–H and O–H groups in total. The number of aromatic hydroxyl groups is 1. The molecule has 5 rings (SSSR count). The molecular formula is C27H19NO2S. The number of phenolic OH excluding ortho intramolecular Hbond substituents is 1. The Morgan fingerprint density at radius 3 is 2.19 bits per heavy atom. The molecule has 0 radical (unpaired) electrons. The number of phenols is 1. The Kier molecular flexibility index (Phi) is 5.06. The average molecular weight is 422 g/mol. The normalized spacial score (nSPS) is 11.0. The highest BCUT2D eigenvalue weighted by Gasteiger charge is 2.15. The van der Waals surface area contributed by atoms with E-state index in [1.54, 1.807) is 0 Å². The summed E-state index contributed by atoms with van der Waals surface area (Å²) in [6, 6.07) is 32.9. The van der Waals surface area contributed by atoms with Gasteiger partial charge in [0.1, 0.15) is 5.75 Å². The van der Waals surface area contributed by atoms with Crippen molar-refractivity contribution in [2.75, 3.05) is 5.32 Å². The van der Waals surface area contributed by atoms with E-state index in [1.807, 2.05) is 103 Å². The van der Waals surface area contributed by atoms with E-state index in [-0.39, 0.29) is 11.7 Å². The highest BCUT2D eigenvalue weighted by Crippen LogP contribution is 2.42. The van der Waals surface area contributed by atoms with Gasteiger partial charge in [-0.15, -0.1) is 0 Å². The Bertz CT molecular complexity index is 1410. The Hall–Kier alpha value is -3.76. The topological polar surface area (TPSA) is 49.3 Å². The second-order valence-electron chi connectivity index (χ2n) is 7.25. The van der Waals surface area contributed by atoms with Gasteiger partial charge in [-0.1, -0.05) is 84.6 Å². The molecule has 4 heteroatoms. The van der Waals surface area contributed by atoms with Crippen molar-refractivity contribution in [2.24, 2.45) is 0 Å². The maximum Gasteiger partial charge on any atom is 0.255 e. The molecule has 0 bridgehead atoms. The summed E-state index contributed by atoms with van der Waals surface area (Å²) >= 11 is 1.47. The van der Waals surface area contributed by atoms with Gasteiger partial charge in [0.2, 0.25) is 0 Å². The van der Waals surface area contributed by atoms with Crippen LogP contribution in [0.2, 0.25) is 0 Å². The molecule has 0 spiro atoms. The number of amides is 1. The number of benzene rings is 5. The van der Waals surface area contributed by atoms with Gasteiger partial charge in [-0.05, 0) is 41.1 Å². The predicted molar refractivity (Wildman–Crippen MR) is 128 cm³/mol. The van der Waals surface area contributed by atoms with Crippen LogP contribution >= 0.6 is 11.8 Å². The summed E-state index contributed by atoms with van der Waals surface area (Å²) in [5.41, 5.74) is 1.26. The number of carbonyl (C=O) groups excluding carboxylic acids is 1. The first-order valence-corrected chi connectivity index (χ1v) is 10.8. The molecule has 0 fully saturated rings. The fourth-order valence-corrected chi connectivity index (χ4v) is 4.59. The summed E-state index contributed by atoms with van der Waals surface area (Å²) in [4.78, 5) is 14.8. The number of nitrogens with one attached hydrogen (secondary N) is 1.